The van der Waals surface area contributed by atoms with Gasteiger partial charge in [0.05, 0.1) is 5.56 Å². The summed E-state index contributed by atoms with van der Waals surface area (Å²) in [6, 6.07) is 14.9. The Morgan fingerprint density at radius 3 is 2.58 bits per heavy atom. The van der Waals surface area contributed by atoms with Crippen molar-refractivity contribution < 1.29 is 4.79 Å². The number of nitrogens with zero attached hydrogens (tertiary/aromatic N) is 1. The van der Waals surface area contributed by atoms with Gasteiger partial charge in [-0.25, -0.2) is 0 Å². The van der Waals surface area contributed by atoms with Crippen molar-refractivity contribution in [2.75, 3.05) is 23.9 Å². The smallest absolute Gasteiger partial charge is 0.259 e. The van der Waals surface area contributed by atoms with Gasteiger partial charge < -0.3 is 10.6 Å². The quantitative estimate of drug-likeness (QED) is 0.689. The van der Waals surface area contributed by atoms with Crippen LogP contribution in [0.2, 0.25) is 0 Å². The molecule has 0 fully saturated rings. The molecule has 0 aliphatic heterocycles. The molecule has 98 valence electrons. The van der Waals surface area contributed by atoms with Crippen LogP contribution in [0.4, 0.5) is 11.4 Å². The van der Waals surface area contributed by atoms with Crippen molar-refractivity contribution in [3.63, 3.8) is 0 Å². The van der Waals surface area contributed by atoms with E-state index in [0.717, 1.165) is 10.6 Å². The molecule has 0 spiro atoms. The summed E-state index contributed by atoms with van der Waals surface area (Å²) in [6.45, 7) is 0. The Bertz CT molecular complexity index is 598. The highest BCUT2D eigenvalue weighted by Gasteiger charge is 2.16. The van der Waals surface area contributed by atoms with Crippen LogP contribution in [0.3, 0.4) is 0 Å². The molecular weight excluding hydrogens is 256 g/mol. The van der Waals surface area contributed by atoms with Crippen molar-refractivity contribution in [2.24, 2.45) is 0 Å². The molecule has 0 aliphatic rings. The number of carbonyl (C=O) groups is 1. The summed E-state index contributed by atoms with van der Waals surface area (Å²) in [5.41, 5.74) is 7.90. The molecule has 4 heteroatoms. The second kappa shape index (κ2) is 5.80. The van der Waals surface area contributed by atoms with E-state index in [2.05, 4.69) is 0 Å². The molecule has 0 radical (unpaired) electrons. The lowest BCUT2D eigenvalue weighted by Crippen LogP contribution is -2.26. The maximum Gasteiger partial charge on any atom is 0.259 e. The SMILES string of the molecule is CSc1ccccc1C(=O)N(C)c1cccc(N)c1. The number of benzene rings is 2. The Morgan fingerprint density at radius 1 is 1.16 bits per heavy atom. The first-order valence-corrected chi connectivity index (χ1v) is 7.12. The third-order valence-electron chi connectivity index (χ3n) is 2.90. The Kier molecular flexibility index (Phi) is 4.12. The molecule has 1 amide bonds. The number of rotatable bonds is 3. The van der Waals surface area contributed by atoms with Crippen LogP contribution in [0.1, 0.15) is 10.4 Å². The molecule has 0 saturated carbocycles. The molecule has 0 bridgehead atoms. The lowest BCUT2D eigenvalue weighted by molar-refractivity contribution is 0.0990. The van der Waals surface area contributed by atoms with Crippen LogP contribution in [0.25, 0.3) is 0 Å². The average molecular weight is 272 g/mol. The highest BCUT2D eigenvalue weighted by atomic mass is 32.2. The number of amides is 1. The van der Waals surface area contributed by atoms with E-state index in [0.29, 0.717) is 11.3 Å². The van der Waals surface area contributed by atoms with Gasteiger partial charge in [0.15, 0.2) is 0 Å². The monoisotopic (exact) mass is 272 g/mol. The first kappa shape index (κ1) is 13.5. The van der Waals surface area contributed by atoms with Crippen molar-refractivity contribution >= 4 is 29.0 Å². The number of hydrogen-bond donors (Lipinski definition) is 1. The topological polar surface area (TPSA) is 46.3 Å². The van der Waals surface area contributed by atoms with E-state index in [4.69, 9.17) is 5.73 Å². The van der Waals surface area contributed by atoms with Crippen molar-refractivity contribution in [1.82, 2.24) is 0 Å². The minimum absolute atomic E-state index is 0.0319. The molecule has 0 heterocycles. The number of hydrogen-bond acceptors (Lipinski definition) is 3. The minimum Gasteiger partial charge on any atom is -0.399 e. The largest absolute Gasteiger partial charge is 0.399 e. The molecule has 0 aliphatic carbocycles. The van der Waals surface area contributed by atoms with E-state index in [-0.39, 0.29) is 5.91 Å². The van der Waals surface area contributed by atoms with E-state index < -0.39 is 0 Å². The predicted molar refractivity (Wildman–Crippen MR) is 81.8 cm³/mol. The van der Waals surface area contributed by atoms with Gasteiger partial charge in [0.1, 0.15) is 0 Å². The third kappa shape index (κ3) is 2.90. The van der Waals surface area contributed by atoms with Gasteiger partial charge in [-0.1, -0.05) is 18.2 Å². The Balaban J connectivity index is 2.33. The summed E-state index contributed by atoms with van der Waals surface area (Å²) >= 11 is 1.57. The number of nitrogen functional groups attached to an aromatic ring is 1. The Labute approximate surface area is 117 Å². The van der Waals surface area contributed by atoms with E-state index in [1.807, 2.05) is 42.7 Å². The number of thioether (sulfide) groups is 1. The van der Waals surface area contributed by atoms with Gasteiger partial charge in [0.2, 0.25) is 0 Å². The van der Waals surface area contributed by atoms with Gasteiger partial charge in [-0.05, 0) is 36.6 Å². The summed E-state index contributed by atoms with van der Waals surface area (Å²) < 4.78 is 0. The van der Waals surface area contributed by atoms with Crippen LogP contribution >= 0.6 is 11.8 Å². The maximum absolute atomic E-state index is 12.5. The third-order valence-corrected chi connectivity index (χ3v) is 3.70. The van der Waals surface area contributed by atoms with Gasteiger partial charge in [-0.15, -0.1) is 11.8 Å². The van der Waals surface area contributed by atoms with E-state index in [9.17, 15) is 4.79 Å². The summed E-state index contributed by atoms with van der Waals surface area (Å²) in [7, 11) is 1.76. The lowest BCUT2D eigenvalue weighted by atomic mass is 10.2. The summed E-state index contributed by atoms with van der Waals surface area (Å²) in [5.74, 6) is -0.0319. The minimum atomic E-state index is -0.0319. The Morgan fingerprint density at radius 2 is 1.89 bits per heavy atom. The summed E-state index contributed by atoms with van der Waals surface area (Å²) in [4.78, 5) is 15.1. The summed E-state index contributed by atoms with van der Waals surface area (Å²) in [6.07, 6.45) is 1.96. The highest BCUT2D eigenvalue weighted by Crippen LogP contribution is 2.24. The molecular formula is C15H16N2OS. The van der Waals surface area contributed by atoms with Crippen LogP contribution < -0.4 is 10.6 Å². The van der Waals surface area contributed by atoms with Crippen LogP contribution in [-0.4, -0.2) is 19.2 Å². The fraction of sp³-hybridized carbons (Fsp3) is 0.133. The van der Waals surface area contributed by atoms with Crippen LogP contribution in [-0.2, 0) is 0 Å². The molecule has 3 nitrogen and oxygen atoms in total. The maximum atomic E-state index is 12.5. The van der Waals surface area contributed by atoms with Crippen molar-refractivity contribution in [3.05, 3.63) is 54.1 Å². The zero-order valence-electron chi connectivity index (χ0n) is 11.0. The fourth-order valence-electron chi connectivity index (χ4n) is 1.85. The number of carbonyl (C=O) groups excluding carboxylic acids is 1. The van der Waals surface area contributed by atoms with Gasteiger partial charge in [0, 0.05) is 23.3 Å². The number of anilines is 2. The van der Waals surface area contributed by atoms with Gasteiger partial charge in [-0.3, -0.25) is 4.79 Å². The molecule has 19 heavy (non-hydrogen) atoms. The predicted octanol–water partition coefficient (Wildman–Crippen LogP) is 3.27. The van der Waals surface area contributed by atoms with E-state index >= 15 is 0 Å². The Hall–Kier alpha value is -1.94. The van der Waals surface area contributed by atoms with Gasteiger partial charge >= 0.3 is 0 Å². The number of nitrogens with two attached hydrogens (primary N) is 1. The average Bonchev–Trinajstić information content (AvgIpc) is 2.45. The molecule has 0 atom stereocenters. The molecule has 0 aromatic heterocycles. The van der Waals surface area contributed by atoms with E-state index in [1.54, 1.807) is 35.8 Å². The second-order valence-electron chi connectivity index (χ2n) is 4.16. The molecule has 2 N–H and O–H groups in total. The molecule has 0 saturated heterocycles. The second-order valence-corrected chi connectivity index (χ2v) is 5.01. The first-order chi connectivity index (χ1) is 9.13. The first-order valence-electron chi connectivity index (χ1n) is 5.90. The zero-order valence-corrected chi connectivity index (χ0v) is 11.8. The van der Waals surface area contributed by atoms with E-state index in [1.165, 1.54) is 0 Å². The van der Waals surface area contributed by atoms with Crippen molar-refractivity contribution in [3.8, 4) is 0 Å². The molecule has 2 aromatic rings. The highest BCUT2D eigenvalue weighted by molar-refractivity contribution is 7.98. The summed E-state index contributed by atoms with van der Waals surface area (Å²) in [5, 5.41) is 0. The van der Waals surface area contributed by atoms with Gasteiger partial charge in [0.25, 0.3) is 5.91 Å². The van der Waals surface area contributed by atoms with Crippen LogP contribution in [0, 0.1) is 0 Å². The molecule has 2 aromatic carbocycles. The van der Waals surface area contributed by atoms with Crippen LogP contribution in [0.15, 0.2) is 53.4 Å². The molecule has 2 rings (SSSR count). The normalized spacial score (nSPS) is 10.2. The standard InChI is InChI=1S/C15H16N2OS/c1-17(12-7-5-6-11(16)10-12)15(18)13-8-3-4-9-14(13)19-2/h3-10H,16H2,1-2H3. The van der Waals surface area contributed by atoms with Crippen LogP contribution in [0.5, 0.6) is 0 Å². The zero-order chi connectivity index (χ0) is 13.8. The fourth-order valence-corrected chi connectivity index (χ4v) is 2.44. The van der Waals surface area contributed by atoms with Gasteiger partial charge in [-0.2, -0.15) is 0 Å². The molecule has 0 unspecified atom stereocenters. The van der Waals surface area contributed by atoms with Crippen molar-refractivity contribution in [1.29, 1.82) is 0 Å². The van der Waals surface area contributed by atoms with Crippen molar-refractivity contribution in [2.45, 2.75) is 4.90 Å². The lowest BCUT2D eigenvalue weighted by Gasteiger charge is -2.19.